The van der Waals surface area contributed by atoms with E-state index in [1.807, 2.05) is 35.0 Å². The van der Waals surface area contributed by atoms with Crippen LogP contribution in [0.25, 0.3) is 5.69 Å². The summed E-state index contributed by atoms with van der Waals surface area (Å²) in [6, 6.07) is 7.77. The number of amides is 1. The smallest absolute Gasteiger partial charge is 0.251 e. The van der Waals surface area contributed by atoms with Crippen molar-refractivity contribution in [3.63, 3.8) is 0 Å². The van der Waals surface area contributed by atoms with E-state index >= 15 is 0 Å². The van der Waals surface area contributed by atoms with E-state index in [1.54, 1.807) is 12.5 Å². The molecule has 1 amide bonds. The molecule has 0 saturated heterocycles. The molecule has 0 saturated carbocycles. The van der Waals surface area contributed by atoms with E-state index in [0.717, 1.165) is 18.5 Å². The molecular formula is C15H19N3O. The van der Waals surface area contributed by atoms with Crippen LogP contribution in [0.15, 0.2) is 43.0 Å². The molecule has 2 rings (SSSR count). The Morgan fingerprint density at radius 1 is 1.26 bits per heavy atom. The maximum absolute atomic E-state index is 12.0. The largest absolute Gasteiger partial charge is 0.349 e. The van der Waals surface area contributed by atoms with Crippen molar-refractivity contribution < 1.29 is 4.79 Å². The summed E-state index contributed by atoms with van der Waals surface area (Å²) >= 11 is 0. The standard InChI is InChI=1S/C15H19N3O/c1-3-13(4-2)17-15(19)12-5-7-14(8-6-12)18-10-9-16-11-18/h5-11,13H,3-4H2,1-2H3,(H,17,19). The van der Waals surface area contributed by atoms with Gasteiger partial charge in [0.15, 0.2) is 0 Å². The highest BCUT2D eigenvalue weighted by atomic mass is 16.1. The lowest BCUT2D eigenvalue weighted by atomic mass is 10.1. The van der Waals surface area contributed by atoms with Crippen LogP contribution in [-0.4, -0.2) is 21.5 Å². The summed E-state index contributed by atoms with van der Waals surface area (Å²) in [6.07, 6.45) is 7.25. The van der Waals surface area contributed by atoms with Gasteiger partial charge in [-0.1, -0.05) is 13.8 Å². The minimum absolute atomic E-state index is 0.00844. The predicted molar refractivity (Wildman–Crippen MR) is 75.4 cm³/mol. The summed E-state index contributed by atoms with van der Waals surface area (Å²) in [4.78, 5) is 16.0. The van der Waals surface area contributed by atoms with Crippen LogP contribution >= 0.6 is 0 Å². The number of carbonyl (C=O) groups excluding carboxylic acids is 1. The van der Waals surface area contributed by atoms with Gasteiger partial charge < -0.3 is 9.88 Å². The van der Waals surface area contributed by atoms with Crippen LogP contribution in [0, 0.1) is 0 Å². The van der Waals surface area contributed by atoms with Gasteiger partial charge in [0.05, 0.1) is 6.33 Å². The van der Waals surface area contributed by atoms with Crippen LogP contribution in [0.3, 0.4) is 0 Å². The third-order valence-electron chi connectivity index (χ3n) is 3.25. The van der Waals surface area contributed by atoms with Crippen molar-refractivity contribution in [2.24, 2.45) is 0 Å². The van der Waals surface area contributed by atoms with Crippen LogP contribution in [0.1, 0.15) is 37.0 Å². The third kappa shape index (κ3) is 3.22. The molecule has 2 aromatic rings. The Morgan fingerprint density at radius 3 is 2.47 bits per heavy atom. The Hall–Kier alpha value is -2.10. The molecular weight excluding hydrogens is 238 g/mol. The molecule has 1 aromatic heterocycles. The van der Waals surface area contributed by atoms with Gasteiger partial charge in [0, 0.05) is 29.7 Å². The van der Waals surface area contributed by atoms with Crippen LogP contribution in [-0.2, 0) is 0 Å². The zero-order valence-electron chi connectivity index (χ0n) is 11.3. The zero-order chi connectivity index (χ0) is 13.7. The Balaban J connectivity index is 2.08. The number of imidazole rings is 1. The minimum Gasteiger partial charge on any atom is -0.349 e. The average Bonchev–Trinajstić information content (AvgIpc) is 2.99. The molecule has 4 heteroatoms. The fourth-order valence-electron chi connectivity index (χ4n) is 1.96. The minimum atomic E-state index is -0.00844. The predicted octanol–water partition coefficient (Wildman–Crippen LogP) is 2.79. The highest BCUT2D eigenvalue weighted by Gasteiger charge is 2.10. The SMILES string of the molecule is CCC(CC)NC(=O)c1ccc(-n2ccnc2)cc1. The highest BCUT2D eigenvalue weighted by molar-refractivity contribution is 5.94. The number of hydrogen-bond donors (Lipinski definition) is 1. The monoisotopic (exact) mass is 257 g/mol. The van der Waals surface area contributed by atoms with Crippen molar-refractivity contribution >= 4 is 5.91 Å². The van der Waals surface area contributed by atoms with E-state index < -0.39 is 0 Å². The van der Waals surface area contributed by atoms with Crippen molar-refractivity contribution in [2.45, 2.75) is 32.7 Å². The first kappa shape index (κ1) is 13.3. The number of nitrogens with zero attached hydrogens (tertiary/aromatic N) is 2. The molecule has 0 fully saturated rings. The molecule has 1 aromatic carbocycles. The van der Waals surface area contributed by atoms with Crippen molar-refractivity contribution in [1.29, 1.82) is 0 Å². The molecule has 100 valence electrons. The normalized spacial score (nSPS) is 10.7. The molecule has 0 aliphatic rings. The molecule has 1 N–H and O–H groups in total. The molecule has 0 radical (unpaired) electrons. The number of nitrogens with one attached hydrogen (secondary N) is 1. The molecule has 0 spiro atoms. The van der Waals surface area contributed by atoms with Crippen molar-refractivity contribution in [2.75, 3.05) is 0 Å². The number of rotatable bonds is 5. The van der Waals surface area contributed by atoms with Gasteiger partial charge in [-0.3, -0.25) is 4.79 Å². The lowest BCUT2D eigenvalue weighted by molar-refractivity contribution is 0.0935. The second-order valence-corrected chi connectivity index (χ2v) is 4.50. The molecule has 4 nitrogen and oxygen atoms in total. The Labute approximate surface area is 113 Å². The summed E-state index contributed by atoms with van der Waals surface area (Å²) < 4.78 is 1.91. The van der Waals surface area contributed by atoms with Gasteiger partial charge in [-0.05, 0) is 37.1 Å². The molecule has 0 aliphatic carbocycles. The summed E-state index contributed by atoms with van der Waals surface area (Å²) in [5.41, 5.74) is 1.69. The zero-order valence-corrected chi connectivity index (χ0v) is 11.3. The molecule has 19 heavy (non-hydrogen) atoms. The van der Waals surface area contributed by atoms with E-state index in [1.165, 1.54) is 0 Å². The number of carbonyl (C=O) groups is 1. The van der Waals surface area contributed by atoms with Crippen molar-refractivity contribution in [3.05, 3.63) is 48.5 Å². The summed E-state index contributed by atoms with van der Waals surface area (Å²) in [6.45, 7) is 4.16. The van der Waals surface area contributed by atoms with E-state index in [0.29, 0.717) is 5.56 Å². The first-order valence-corrected chi connectivity index (χ1v) is 6.63. The van der Waals surface area contributed by atoms with E-state index in [-0.39, 0.29) is 11.9 Å². The maximum Gasteiger partial charge on any atom is 0.251 e. The second kappa shape index (κ2) is 6.18. The van der Waals surface area contributed by atoms with Gasteiger partial charge in [-0.15, -0.1) is 0 Å². The molecule has 0 atom stereocenters. The first-order valence-electron chi connectivity index (χ1n) is 6.63. The number of benzene rings is 1. The quantitative estimate of drug-likeness (QED) is 0.895. The van der Waals surface area contributed by atoms with Gasteiger partial charge >= 0.3 is 0 Å². The van der Waals surface area contributed by atoms with Crippen LogP contribution < -0.4 is 5.32 Å². The molecule has 1 heterocycles. The Kier molecular flexibility index (Phi) is 4.34. The fraction of sp³-hybridized carbons (Fsp3) is 0.333. The van der Waals surface area contributed by atoms with Gasteiger partial charge in [-0.25, -0.2) is 4.98 Å². The van der Waals surface area contributed by atoms with Crippen molar-refractivity contribution in [1.82, 2.24) is 14.9 Å². The van der Waals surface area contributed by atoms with E-state index in [9.17, 15) is 4.79 Å². The second-order valence-electron chi connectivity index (χ2n) is 4.50. The summed E-state index contributed by atoms with van der Waals surface area (Å²) in [7, 11) is 0. The van der Waals surface area contributed by atoms with Gasteiger partial charge in [0.1, 0.15) is 0 Å². The fourth-order valence-corrected chi connectivity index (χ4v) is 1.96. The average molecular weight is 257 g/mol. The topological polar surface area (TPSA) is 46.9 Å². The molecule has 0 unspecified atom stereocenters. The van der Waals surface area contributed by atoms with Gasteiger partial charge in [0.2, 0.25) is 0 Å². The van der Waals surface area contributed by atoms with Crippen LogP contribution in [0.2, 0.25) is 0 Å². The third-order valence-corrected chi connectivity index (χ3v) is 3.25. The lowest BCUT2D eigenvalue weighted by Gasteiger charge is -2.14. The Bertz CT molecular complexity index is 513. The van der Waals surface area contributed by atoms with Gasteiger partial charge in [0.25, 0.3) is 5.91 Å². The number of hydrogen-bond acceptors (Lipinski definition) is 2. The van der Waals surface area contributed by atoms with E-state index in [4.69, 9.17) is 0 Å². The van der Waals surface area contributed by atoms with Crippen molar-refractivity contribution in [3.8, 4) is 5.69 Å². The van der Waals surface area contributed by atoms with Crippen LogP contribution in [0.5, 0.6) is 0 Å². The highest BCUT2D eigenvalue weighted by Crippen LogP contribution is 2.10. The first-order chi connectivity index (χ1) is 9.24. The molecule has 0 bridgehead atoms. The molecule has 0 aliphatic heterocycles. The maximum atomic E-state index is 12.0. The number of aromatic nitrogens is 2. The summed E-state index contributed by atoms with van der Waals surface area (Å²) in [5.74, 6) is -0.00844. The van der Waals surface area contributed by atoms with E-state index in [2.05, 4.69) is 24.1 Å². The Morgan fingerprint density at radius 2 is 1.95 bits per heavy atom. The van der Waals surface area contributed by atoms with Crippen LogP contribution in [0.4, 0.5) is 0 Å². The van der Waals surface area contributed by atoms with Gasteiger partial charge in [-0.2, -0.15) is 0 Å². The summed E-state index contributed by atoms with van der Waals surface area (Å²) in [5, 5.41) is 3.03. The lowest BCUT2D eigenvalue weighted by Crippen LogP contribution is -2.33.